The highest BCUT2D eigenvalue weighted by molar-refractivity contribution is 5.81. The fraction of sp³-hybridized carbons (Fsp3) is 0.857. The molecule has 5 heteroatoms. The first kappa shape index (κ1) is 14.2. The highest BCUT2D eigenvalue weighted by Crippen LogP contribution is 2.42. The first-order valence-electron chi connectivity index (χ1n) is 7.43. The number of hydrogen-bond donors (Lipinski definition) is 2. The van der Waals surface area contributed by atoms with E-state index in [1.807, 2.05) is 0 Å². The van der Waals surface area contributed by atoms with E-state index in [4.69, 9.17) is 4.74 Å². The van der Waals surface area contributed by atoms with Gasteiger partial charge in [0, 0.05) is 5.92 Å². The van der Waals surface area contributed by atoms with E-state index in [0.29, 0.717) is 12.5 Å². The van der Waals surface area contributed by atoms with Crippen LogP contribution < -0.4 is 10.9 Å². The first-order chi connectivity index (χ1) is 9.20. The molecule has 2 rings (SSSR count). The van der Waals surface area contributed by atoms with Gasteiger partial charge in [0.1, 0.15) is 0 Å². The standard InChI is InChI=1S/C14H24N2O3/c1-2-19-14(18)16-15-13(17)12-8-7-10-5-3-4-6-11(10)9-12/h10-12H,2-9H2,1H3,(H,15,17)(H,16,18)/t10-,11-,12+/m0/s1. The van der Waals surface area contributed by atoms with Crippen LogP contribution in [0.1, 0.15) is 51.9 Å². The number of rotatable bonds is 2. The van der Waals surface area contributed by atoms with Crippen molar-refractivity contribution in [3.8, 4) is 0 Å². The molecule has 0 bridgehead atoms. The highest BCUT2D eigenvalue weighted by atomic mass is 16.5. The molecule has 0 spiro atoms. The van der Waals surface area contributed by atoms with Crippen LogP contribution in [0.4, 0.5) is 4.79 Å². The number of nitrogens with one attached hydrogen (secondary N) is 2. The molecule has 5 nitrogen and oxygen atoms in total. The molecule has 0 aromatic heterocycles. The van der Waals surface area contributed by atoms with Gasteiger partial charge < -0.3 is 4.74 Å². The fourth-order valence-electron chi connectivity index (χ4n) is 3.49. The maximum Gasteiger partial charge on any atom is 0.426 e. The zero-order chi connectivity index (χ0) is 13.7. The van der Waals surface area contributed by atoms with Gasteiger partial charge in [-0.3, -0.25) is 10.2 Å². The molecule has 2 N–H and O–H groups in total. The van der Waals surface area contributed by atoms with E-state index < -0.39 is 6.09 Å². The monoisotopic (exact) mass is 268 g/mol. The van der Waals surface area contributed by atoms with Crippen molar-refractivity contribution in [1.29, 1.82) is 0 Å². The summed E-state index contributed by atoms with van der Waals surface area (Å²) in [7, 11) is 0. The van der Waals surface area contributed by atoms with Crippen LogP contribution in [0.25, 0.3) is 0 Å². The molecule has 0 aromatic carbocycles. The highest BCUT2D eigenvalue weighted by Gasteiger charge is 2.35. The molecule has 0 aliphatic heterocycles. The van der Waals surface area contributed by atoms with Crippen LogP contribution in [0, 0.1) is 17.8 Å². The van der Waals surface area contributed by atoms with Crippen molar-refractivity contribution in [2.24, 2.45) is 17.8 Å². The van der Waals surface area contributed by atoms with E-state index in [9.17, 15) is 9.59 Å². The van der Waals surface area contributed by atoms with E-state index in [0.717, 1.165) is 25.2 Å². The summed E-state index contributed by atoms with van der Waals surface area (Å²) in [6.45, 7) is 2.03. The van der Waals surface area contributed by atoms with Crippen molar-refractivity contribution in [3.05, 3.63) is 0 Å². The minimum Gasteiger partial charge on any atom is -0.449 e. The second kappa shape index (κ2) is 6.78. The Bertz CT molecular complexity index is 333. The van der Waals surface area contributed by atoms with Gasteiger partial charge in [0.05, 0.1) is 6.61 Å². The third-order valence-electron chi connectivity index (χ3n) is 4.47. The average molecular weight is 268 g/mol. The third kappa shape index (κ3) is 3.85. The topological polar surface area (TPSA) is 67.4 Å². The molecular weight excluding hydrogens is 244 g/mol. The Balaban J connectivity index is 1.75. The normalized spacial score (nSPS) is 30.1. The van der Waals surface area contributed by atoms with Crippen molar-refractivity contribution in [2.75, 3.05) is 6.61 Å². The minimum atomic E-state index is -0.595. The molecule has 0 unspecified atom stereocenters. The lowest BCUT2D eigenvalue weighted by atomic mass is 9.67. The number of carbonyl (C=O) groups excluding carboxylic acids is 2. The van der Waals surface area contributed by atoms with E-state index in [1.165, 1.54) is 25.7 Å². The fourth-order valence-corrected chi connectivity index (χ4v) is 3.49. The van der Waals surface area contributed by atoms with Gasteiger partial charge in [0.25, 0.3) is 0 Å². The predicted molar refractivity (Wildman–Crippen MR) is 71.1 cm³/mol. The quantitative estimate of drug-likeness (QED) is 0.755. The van der Waals surface area contributed by atoms with E-state index >= 15 is 0 Å². The molecule has 2 amide bonds. The van der Waals surface area contributed by atoms with Gasteiger partial charge >= 0.3 is 6.09 Å². The smallest absolute Gasteiger partial charge is 0.426 e. The van der Waals surface area contributed by atoms with Crippen LogP contribution in [0.3, 0.4) is 0 Å². The lowest BCUT2D eigenvalue weighted by molar-refractivity contribution is -0.128. The van der Waals surface area contributed by atoms with Crippen molar-refractivity contribution in [1.82, 2.24) is 10.9 Å². The van der Waals surface area contributed by atoms with Crippen LogP contribution >= 0.6 is 0 Å². The molecule has 2 fully saturated rings. The largest absolute Gasteiger partial charge is 0.449 e. The molecule has 2 aliphatic rings. The Morgan fingerprint density at radius 3 is 2.53 bits per heavy atom. The van der Waals surface area contributed by atoms with Gasteiger partial charge in [-0.25, -0.2) is 10.2 Å². The van der Waals surface area contributed by atoms with Crippen molar-refractivity contribution in [2.45, 2.75) is 51.9 Å². The lowest BCUT2D eigenvalue weighted by Gasteiger charge is -2.38. The second-order valence-electron chi connectivity index (χ2n) is 5.65. The van der Waals surface area contributed by atoms with Crippen molar-refractivity contribution in [3.63, 3.8) is 0 Å². The van der Waals surface area contributed by atoms with E-state index in [2.05, 4.69) is 10.9 Å². The summed E-state index contributed by atoms with van der Waals surface area (Å²) in [4.78, 5) is 23.1. The predicted octanol–water partition coefficient (Wildman–Crippen LogP) is 2.37. The summed E-state index contributed by atoms with van der Waals surface area (Å²) in [5, 5.41) is 0. The van der Waals surface area contributed by atoms with Crippen LogP contribution in [-0.2, 0) is 9.53 Å². The Morgan fingerprint density at radius 2 is 1.79 bits per heavy atom. The molecule has 2 saturated carbocycles. The van der Waals surface area contributed by atoms with Gasteiger partial charge in [-0.05, 0) is 38.0 Å². The van der Waals surface area contributed by atoms with Crippen LogP contribution in [0.2, 0.25) is 0 Å². The van der Waals surface area contributed by atoms with Crippen molar-refractivity contribution < 1.29 is 14.3 Å². The molecule has 2 aliphatic carbocycles. The summed E-state index contributed by atoms with van der Waals surface area (Å²) in [6, 6.07) is 0. The number of fused-ring (bicyclic) bond motifs is 1. The summed E-state index contributed by atoms with van der Waals surface area (Å²) in [5.74, 6) is 1.51. The molecule has 0 aromatic rings. The Kier molecular flexibility index (Phi) is 5.05. The maximum atomic E-state index is 12.0. The van der Waals surface area contributed by atoms with Crippen LogP contribution in [0.15, 0.2) is 0 Å². The number of ether oxygens (including phenoxy) is 1. The maximum absolute atomic E-state index is 12.0. The second-order valence-corrected chi connectivity index (χ2v) is 5.65. The zero-order valence-electron chi connectivity index (χ0n) is 11.6. The number of hydrogen-bond acceptors (Lipinski definition) is 3. The average Bonchev–Trinajstić information content (AvgIpc) is 2.44. The van der Waals surface area contributed by atoms with Gasteiger partial charge in [-0.15, -0.1) is 0 Å². The summed E-state index contributed by atoms with van der Waals surface area (Å²) < 4.78 is 4.70. The number of carbonyl (C=O) groups is 2. The number of hydrazine groups is 1. The van der Waals surface area contributed by atoms with Crippen molar-refractivity contribution >= 4 is 12.0 Å². The molecule has 0 radical (unpaired) electrons. The van der Waals surface area contributed by atoms with E-state index in [-0.39, 0.29) is 11.8 Å². The summed E-state index contributed by atoms with van der Waals surface area (Å²) in [5.41, 5.74) is 4.76. The zero-order valence-corrected chi connectivity index (χ0v) is 11.6. The molecular formula is C14H24N2O3. The Hall–Kier alpha value is -1.26. The lowest BCUT2D eigenvalue weighted by Crippen LogP contribution is -2.46. The Labute approximate surface area is 114 Å². The van der Waals surface area contributed by atoms with Crippen LogP contribution in [0.5, 0.6) is 0 Å². The van der Waals surface area contributed by atoms with Gasteiger partial charge in [0.15, 0.2) is 0 Å². The third-order valence-corrected chi connectivity index (χ3v) is 4.47. The molecule has 3 atom stereocenters. The minimum absolute atomic E-state index is 0.0428. The molecule has 19 heavy (non-hydrogen) atoms. The van der Waals surface area contributed by atoms with Gasteiger partial charge in [-0.1, -0.05) is 25.7 Å². The number of amides is 2. The van der Waals surface area contributed by atoms with Crippen LogP contribution in [-0.4, -0.2) is 18.6 Å². The van der Waals surface area contributed by atoms with Gasteiger partial charge in [-0.2, -0.15) is 0 Å². The summed E-state index contributed by atoms with van der Waals surface area (Å²) >= 11 is 0. The van der Waals surface area contributed by atoms with Gasteiger partial charge in [0.2, 0.25) is 5.91 Å². The first-order valence-corrected chi connectivity index (χ1v) is 7.43. The molecule has 108 valence electrons. The Morgan fingerprint density at radius 1 is 1.05 bits per heavy atom. The SMILES string of the molecule is CCOC(=O)NNC(=O)[C@@H]1CC[C@@H]2CCCC[C@H]2C1. The summed E-state index contributed by atoms with van der Waals surface area (Å²) in [6.07, 6.45) is 7.72. The molecule has 0 saturated heterocycles. The van der Waals surface area contributed by atoms with E-state index in [1.54, 1.807) is 6.92 Å². The molecule has 0 heterocycles.